The predicted molar refractivity (Wildman–Crippen MR) is 191 cm³/mol. The molecule has 1 saturated carbocycles. The SMILES string of the molecule is CC(C)c1ccc([C](C2CCCC2)=[Zr]([CH3])([CH3])([CH]2C=CC=C2)[CH]2c3cc(C(C)(C)C)ccc3-c3ccc(C(C)(C)C)cc32)cc1. The van der Waals surface area contributed by atoms with Crippen LogP contribution in [-0.2, 0) is 29.1 Å². The van der Waals surface area contributed by atoms with Crippen molar-refractivity contribution in [1.82, 2.24) is 0 Å². The predicted octanol–water partition coefficient (Wildman–Crippen LogP) is 12.6. The van der Waals surface area contributed by atoms with Gasteiger partial charge in [-0.2, -0.15) is 0 Å². The fourth-order valence-corrected chi connectivity index (χ4v) is 27.8. The van der Waals surface area contributed by atoms with Gasteiger partial charge in [0.2, 0.25) is 0 Å². The first kappa shape index (κ1) is 31.9. The van der Waals surface area contributed by atoms with Crippen molar-refractivity contribution in [2.45, 2.75) is 114 Å². The van der Waals surface area contributed by atoms with E-state index >= 15 is 0 Å². The normalized spacial score (nSPS) is 18.0. The molecular formula is C43H56Zr. The Kier molecular flexibility index (Phi) is 7.97. The molecule has 6 rings (SSSR count). The van der Waals surface area contributed by atoms with Gasteiger partial charge in [0, 0.05) is 0 Å². The van der Waals surface area contributed by atoms with Crippen molar-refractivity contribution >= 4 is 3.21 Å². The van der Waals surface area contributed by atoms with Gasteiger partial charge in [-0.25, -0.2) is 0 Å². The molecule has 3 aromatic rings. The Labute approximate surface area is 269 Å². The van der Waals surface area contributed by atoms with Crippen molar-refractivity contribution in [3.05, 3.63) is 118 Å². The minimum atomic E-state index is -4.14. The topological polar surface area (TPSA) is 0 Å². The average Bonchev–Trinajstić information content (AvgIpc) is 3.73. The fourth-order valence-electron chi connectivity index (χ4n) is 9.30. The van der Waals surface area contributed by atoms with Crippen LogP contribution in [0.5, 0.6) is 0 Å². The Morgan fingerprint density at radius 3 is 1.59 bits per heavy atom. The Morgan fingerprint density at radius 1 is 0.682 bits per heavy atom. The second-order valence-corrected chi connectivity index (χ2v) is 34.8. The van der Waals surface area contributed by atoms with Crippen LogP contribution in [0.25, 0.3) is 11.1 Å². The Balaban J connectivity index is 1.78. The molecule has 3 aliphatic rings. The number of allylic oxidation sites excluding steroid dienone is 4. The van der Waals surface area contributed by atoms with Crippen LogP contribution < -0.4 is 0 Å². The molecule has 1 fully saturated rings. The Morgan fingerprint density at radius 2 is 1.16 bits per heavy atom. The number of rotatable bonds is 5. The molecule has 0 heterocycles. The molecular weight excluding hydrogens is 608 g/mol. The third-order valence-electron chi connectivity index (χ3n) is 11.9. The van der Waals surface area contributed by atoms with Gasteiger partial charge < -0.3 is 0 Å². The van der Waals surface area contributed by atoms with Crippen LogP contribution in [0.15, 0.2) is 85.0 Å². The summed E-state index contributed by atoms with van der Waals surface area (Å²) in [6.07, 6.45) is 15.3. The molecule has 1 heteroatoms. The van der Waals surface area contributed by atoms with Crippen LogP contribution in [-0.4, -0.2) is 3.21 Å². The van der Waals surface area contributed by atoms with Gasteiger partial charge in [-0.15, -0.1) is 0 Å². The van der Waals surface area contributed by atoms with Crippen molar-refractivity contribution in [2.75, 3.05) is 0 Å². The van der Waals surface area contributed by atoms with Gasteiger partial charge in [0.1, 0.15) is 0 Å². The molecule has 0 unspecified atom stereocenters. The molecule has 0 aliphatic heterocycles. The summed E-state index contributed by atoms with van der Waals surface area (Å²) in [5.41, 5.74) is 12.3. The van der Waals surface area contributed by atoms with Crippen LogP contribution in [0.3, 0.4) is 0 Å². The van der Waals surface area contributed by atoms with Crippen LogP contribution in [0.2, 0.25) is 12.9 Å². The third-order valence-corrected chi connectivity index (χ3v) is 29.7. The van der Waals surface area contributed by atoms with Gasteiger partial charge >= 0.3 is 271 Å². The zero-order valence-electron chi connectivity index (χ0n) is 29.2. The second-order valence-electron chi connectivity index (χ2n) is 17.6. The summed E-state index contributed by atoms with van der Waals surface area (Å²) in [4.78, 5) is 0. The van der Waals surface area contributed by atoms with E-state index in [9.17, 15) is 0 Å². The van der Waals surface area contributed by atoms with Crippen molar-refractivity contribution in [3.8, 4) is 11.1 Å². The number of hydrogen-bond donors (Lipinski definition) is 0. The molecule has 0 atom stereocenters. The van der Waals surface area contributed by atoms with E-state index in [1.54, 1.807) is 16.7 Å². The molecule has 44 heavy (non-hydrogen) atoms. The monoisotopic (exact) mass is 662 g/mol. The van der Waals surface area contributed by atoms with E-state index in [2.05, 4.69) is 150 Å². The summed E-state index contributed by atoms with van der Waals surface area (Å²) >= 11 is -4.14. The molecule has 0 radical (unpaired) electrons. The summed E-state index contributed by atoms with van der Waals surface area (Å²) in [6, 6.07) is 25.0. The molecule has 0 saturated heterocycles. The van der Waals surface area contributed by atoms with Gasteiger partial charge in [-0.3, -0.25) is 0 Å². The van der Waals surface area contributed by atoms with Crippen molar-refractivity contribution in [1.29, 1.82) is 0 Å². The maximum absolute atomic E-state index is 4.14. The van der Waals surface area contributed by atoms with Crippen LogP contribution in [0.1, 0.15) is 124 Å². The third kappa shape index (κ3) is 5.18. The van der Waals surface area contributed by atoms with E-state index in [0.717, 1.165) is 0 Å². The first-order chi connectivity index (χ1) is 20.6. The molecule has 0 spiro atoms. The van der Waals surface area contributed by atoms with Gasteiger partial charge in [-0.1, -0.05) is 0 Å². The Bertz CT molecular complexity index is 1620. The molecule has 0 aromatic heterocycles. The quantitative estimate of drug-likeness (QED) is 0.255. The van der Waals surface area contributed by atoms with Crippen LogP contribution >= 0.6 is 0 Å². The van der Waals surface area contributed by atoms with Gasteiger partial charge in [0.25, 0.3) is 0 Å². The van der Waals surface area contributed by atoms with E-state index in [1.165, 1.54) is 53.5 Å². The standard InChI is InChI=1S/C21H25.C15H20.C5H5.2CH3.Zr/c1-20(2,3)16-7-9-18-14(12-16)11-15-13-17(21(4,5)6)8-10-19(15)18;1-12(2)15-9-7-14(8-10-15)11-13-5-3-4-6-13;1-2-4-5-3-1;;;/h7-13H,1-6H3;7-10,12-13H,3-6H2,1-2H3;1-5H;2*1H3;. The fraction of sp³-hybridized carbons (Fsp3) is 0.465. The molecule has 0 nitrogen and oxygen atoms in total. The molecule has 3 aromatic carbocycles. The van der Waals surface area contributed by atoms with Gasteiger partial charge in [-0.05, 0) is 0 Å². The summed E-state index contributed by atoms with van der Waals surface area (Å²) < 4.78 is 8.55. The van der Waals surface area contributed by atoms with E-state index < -0.39 is 18.3 Å². The maximum atomic E-state index is 2.87. The molecule has 0 N–H and O–H groups in total. The summed E-state index contributed by atoms with van der Waals surface area (Å²) in [7, 11) is 0. The van der Waals surface area contributed by atoms with E-state index in [0.29, 0.717) is 19.1 Å². The zero-order valence-corrected chi connectivity index (χ0v) is 31.7. The number of fused-ring (bicyclic) bond motifs is 3. The minimum absolute atomic E-state index is 0.107. The molecule has 232 valence electrons. The van der Waals surface area contributed by atoms with Crippen molar-refractivity contribution in [3.63, 3.8) is 0 Å². The van der Waals surface area contributed by atoms with Crippen LogP contribution in [0, 0.1) is 5.92 Å². The first-order valence-electron chi connectivity index (χ1n) is 17.4. The van der Waals surface area contributed by atoms with E-state index in [-0.39, 0.29) is 10.8 Å². The van der Waals surface area contributed by atoms with Crippen LogP contribution in [0.4, 0.5) is 0 Å². The number of benzene rings is 3. The summed E-state index contributed by atoms with van der Waals surface area (Å²) in [5.74, 6) is 1.22. The molecule has 3 aliphatic carbocycles. The first-order valence-corrected chi connectivity index (χ1v) is 26.4. The number of hydrogen-bond acceptors (Lipinski definition) is 0. The molecule has 0 bridgehead atoms. The summed E-state index contributed by atoms with van der Waals surface area (Å²) in [6.45, 7) is 18.9. The molecule has 0 amide bonds. The summed E-state index contributed by atoms with van der Waals surface area (Å²) in [5, 5.41) is 0. The zero-order chi connectivity index (χ0) is 31.7. The second kappa shape index (κ2) is 11.0. The van der Waals surface area contributed by atoms with Gasteiger partial charge in [0.05, 0.1) is 0 Å². The van der Waals surface area contributed by atoms with E-state index in [1.807, 2.05) is 3.21 Å². The Hall–Kier alpha value is -2.11. The van der Waals surface area contributed by atoms with Crippen molar-refractivity contribution in [2.24, 2.45) is 5.92 Å². The average molecular weight is 664 g/mol. The van der Waals surface area contributed by atoms with E-state index in [4.69, 9.17) is 0 Å². The van der Waals surface area contributed by atoms with Gasteiger partial charge in [0.15, 0.2) is 0 Å². The van der Waals surface area contributed by atoms with Crippen molar-refractivity contribution < 1.29 is 18.3 Å².